The third-order valence-corrected chi connectivity index (χ3v) is 6.24. The fraction of sp³-hybridized carbons (Fsp3) is 0.321. The molecule has 4 amide bonds. The number of aromatic nitrogens is 1. The quantitative estimate of drug-likeness (QED) is 0.155. The summed E-state index contributed by atoms with van der Waals surface area (Å²) in [6.45, 7) is 2.45. The van der Waals surface area contributed by atoms with Gasteiger partial charge in [-0.3, -0.25) is 19.2 Å². The van der Waals surface area contributed by atoms with Crippen molar-refractivity contribution in [2.75, 3.05) is 6.54 Å². The van der Waals surface area contributed by atoms with Crippen LogP contribution in [0.3, 0.4) is 0 Å². The number of hydrogen-bond donors (Lipinski definition) is 7. The first-order valence-corrected chi connectivity index (χ1v) is 12.8. The van der Waals surface area contributed by atoms with Crippen molar-refractivity contribution in [1.82, 2.24) is 26.3 Å². The Morgan fingerprint density at radius 1 is 0.825 bits per heavy atom. The second-order valence-electron chi connectivity index (χ2n) is 9.51. The highest BCUT2D eigenvalue weighted by Crippen LogP contribution is 2.19. The summed E-state index contributed by atoms with van der Waals surface area (Å²) < 4.78 is 0. The Hall–Kier alpha value is -4.71. The van der Waals surface area contributed by atoms with Crippen LogP contribution in [-0.4, -0.2) is 70.4 Å². The molecule has 0 aliphatic heterocycles. The zero-order valence-corrected chi connectivity index (χ0v) is 22.3. The minimum atomic E-state index is -1.25. The van der Waals surface area contributed by atoms with Gasteiger partial charge in [-0.25, -0.2) is 4.79 Å². The van der Waals surface area contributed by atoms with Crippen molar-refractivity contribution < 1.29 is 29.1 Å². The number of rotatable bonds is 13. The van der Waals surface area contributed by atoms with E-state index in [0.717, 1.165) is 22.0 Å². The molecule has 0 fully saturated rings. The van der Waals surface area contributed by atoms with Crippen LogP contribution in [0.1, 0.15) is 25.0 Å². The maximum absolute atomic E-state index is 13.3. The number of H-pyrrole nitrogens is 1. The number of nitrogens with one attached hydrogen (secondary N) is 5. The van der Waals surface area contributed by atoms with E-state index in [0.29, 0.717) is 0 Å². The van der Waals surface area contributed by atoms with E-state index in [1.54, 1.807) is 36.5 Å². The number of hydrogen-bond acceptors (Lipinski definition) is 6. The predicted octanol–water partition coefficient (Wildman–Crippen LogP) is -0.0246. The number of aromatic amines is 1. The standard InChI is InChI=1S/C28H34N6O6/c1-16(29)25(36)32-17(2)26(37)31-15-24(35)33-22(12-18-8-4-3-5-9-18)27(38)34-23(28(39)40)13-19-14-30-21-11-7-6-10-20(19)21/h3-11,14,16-17,22-23,30H,12-13,15,29H2,1-2H3,(H,31,37)(H,32,36)(H,33,35)(H,34,38)(H,39,40)/t16-,17-,22-,23-/m0/s1. The van der Waals surface area contributed by atoms with Crippen LogP contribution in [0.25, 0.3) is 10.9 Å². The topological polar surface area (TPSA) is 196 Å². The number of nitrogens with two attached hydrogens (primary N) is 1. The molecule has 0 aliphatic carbocycles. The van der Waals surface area contributed by atoms with Crippen molar-refractivity contribution in [2.24, 2.45) is 5.73 Å². The second kappa shape index (κ2) is 13.9. The maximum atomic E-state index is 13.3. The molecule has 4 atom stereocenters. The molecule has 3 aromatic rings. The molecule has 0 radical (unpaired) electrons. The molecule has 0 saturated carbocycles. The first-order chi connectivity index (χ1) is 19.0. The molecule has 8 N–H and O–H groups in total. The maximum Gasteiger partial charge on any atom is 0.326 e. The second-order valence-corrected chi connectivity index (χ2v) is 9.51. The van der Waals surface area contributed by atoms with Crippen LogP contribution in [0, 0.1) is 0 Å². The van der Waals surface area contributed by atoms with E-state index in [-0.39, 0.29) is 12.8 Å². The molecule has 3 rings (SSSR count). The minimum Gasteiger partial charge on any atom is -0.480 e. The van der Waals surface area contributed by atoms with Crippen LogP contribution < -0.4 is 27.0 Å². The lowest BCUT2D eigenvalue weighted by molar-refractivity contribution is -0.142. The van der Waals surface area contributed by atoms with Gasteiger partial charge in [0.15, 0.2) is 0 Å². The molecule has 1 heterocycles. The van der Waals surface area contributed by atoms with E-state index in [2.05, 4.69) is 26.3 Å². The predicted molar refractivity (Wildman–Crippen MR) is 148 cm³/mol. The average molecular weight is 551 g/mol. The fourth-order valence-electron chi connectivity index (χ4n) is 4.03. The summed E-state index contributed by atoms with van der Waals surface area (Å²) in [6, 6.07) is 12.2. The van der Waals surface area contributed by atoms with Crippen LogP contribution in [0.4, 0.5) is 0 Å². The molecule has 12 nitrogen and oxygen atoms in total. The van der Waals surface area contributed by atoms with Crippen molar-refractivity contribution in [2.45, 2.75) is 50.9 Å². The van der Waals surface area contributed by atoms with E-state index in [9.17, 15) is 29.1 Å². The van der Waals surface area contributed by atoms with E-state index in [4.69, 9.17) is 5.73 Å². The summed E-state index contributed by atoms with van der Waals surface area (Å²) in [5.41, 5.74) is 7.79. The van der Waals surface area contributed by atoms with Gasteiger partial charge >= 0.3 is 5.97 Å². The summed E-state index contributed by atoms with van der Waals surface area (Å²) in [5.74, 6) is -3.71. The lowest BCUT2D eigenvalue weighted by Crippen LogP contribution is -2.55. The van der Waals surface area contributed by atoms with Crippen molar-refractivity contribution in [3.05, 3.63) is 71.9 Å². The minimum absolute atomic E-state index is 0.0260. The van der Waals surface area contributed by atoms with Crippen molar-refractivity contribution >= 4 is 40.5 Å². The van der Waals surface area contributed by atoms with E-state index in [1.807, 2.05) is 24.3 Å². The Kier molecular flexibility index (Phi) is 10.4. The van der Waals surface area contributed by atoms with E-state index in [1.165, 1.54) is 13.8 Å². The fourth-order valence-corrected chi connectivity index (χ4v) is 4.03. The third kappa shape index (κ3) is 8.40. The van der Waals surface area contributed by atoms with Crippen LogP contribution in [0.2, 0.25) is 0 Å². The van der Waals surface area contributed by atoms with Gasteiger partial charge in [0, 0.05) is 29.9 Å². The van der Waals surface area contributed by atoms with Gasteiger partial charge in [0.05, 0.1) is 12.6 Å². The van der Waals surface area contributed by atoms with Gasteiger partial charge in [-0.05, 0) is 31.0 Å². The van der Waals surface area contributed by atoms with E-state index < -0.39 is 60.3 Å². The third-order valence-electron chi connectivity index (χ3n) is 6.24. The van der Waals surface area contributed by atoms with Gasteiger partial charge in [0.1, 0.15) is 18.1 Å². The number of aliphatic carboxylic acids is 1. The Balaban J connectivity index is 1.67. The molecule has 12 heteroatoms. The summed E-state index contributed by atoms with van der Waals surface area (Å²) in [7, 11) is 0. The number of carbonyl (C=O) groups excluding carboxylic acids is 4. The zero-order chi connectivity index (χ0) is 29.2. The molecule has 0 unspecified atom stereocenters. The molecule has 0 bridgehead atoms. The van der Waals surface area contributed by atoms with Crippen molar-refractivity contribution in [3.8, 4) is 0 Å². The number of amides is 4. The number of para-hydroxylation sites is 1. The zero-order valence-electron chi connectivity index (χ0n) is 22.3. The first-order valence-electron chi connectivity index (χ1n) is 12.8. The number of carboxylic acid groups (broad SMARTS) is 1. The molecule has 40 heavy (non-hydrogen) atoms. The molecular formula is C28H34N6O6. The summed E-state index contributed by atoms with van der Waals surface area (Å²) >= 11 is 0. The number of fused-ring (bicyclic) bond motifs is 1. The number of carbonyl (C=O) groups is 5. The molecule has 0 spiro atoms. The number of carboxylic acids is 1. The van der Waals surface area contributed by atoms with Crippen LogP contribution in [-0.2, 0) is 36.8 Å². The van der Waals surface area contributed by atoms with Gasteiger partial charge in [-0.2, -0.15) is 0 Å². The normalized spacial score (nSPS) is 13.9. The van der Waals surface area contributed by atoms with Gasteiger partial charge in [0.25, 0.3) is 0 Å². The summed E-state index contributed by atoms with van der Waals surface area (Å²) in [5, 5.41) is 20.6. The lowest BCUT2D eigenvalue weighted by atomic mass is 10.0. The van der Waals surface area contributed by atoms with Crippen molar-refractivity contribution in [1.29, 1.82) is 0 Å². The highest BCUT2D eigenvalue weighted by atomic mass is 16.4. The monoisotopic (exact) mass is 550 g/mol. The number of benzene rings is 2. The van der Waals surface area contributed by atoms with Crippen LogP contribution in [0.15, 0.2) is 60.8 Å². The molecule has 2 aromatic carbocycles. The Morgan fingerprint density at radius 3 is 2.17 bits per heavy atom. The average Bonchev–Trinajstić information content (AvgIpc) is 3.34. The highest BCUT2D eigenvalue weighted by molar-refractivity contribution is 5.94. The molecular weight excluding hydrogens is 516 g/mol. The van der Waals surface area contributed by atoms with Crippen LogP contribution >= 0.6 is 0 Å². The highest BCUT2D eigenvalue weighted by Gasteiger charge is 2.28. The molecule has 1 aromatic heterocycles. The SMILES string of the molecule is C[C@H](N)C(=O)N[C@@H](C)C(=O)NCC(=O)N[C@@H](Cc1ccccc1)C(=O)N[C@@H](Cc1c[nH]c2ccccc12)C(=O)O. The first kappa shape index (κ1) is 29.8. The summed E-state index contributed by atoms with van der Waals surface area (Å²) in [6.07, 6.45) is 1.82. The Labute approximate surface area is 231 Å². The van der Waals surface area contributed by atoms with Gasteiger partial charge in [-0.1, -0.05) is 48.5 Å². The molecule has 212 valence electrons. The molecule has 0 saturated heterocycles. The largest absolute Gasteiger partial charge is 0.480 e. The smallest absolute Gasteiger partial charge is 0.326 e. The van der Waals surface area contributed by atoms with Gasteiger partial charge in [-0.15, -0.1) is 0 Å². The lowest BCUT2D eigenvalue weighted by Gasteiger charge is -2.22. The van der Waals surface area contributed by atoms with Crippen molar-refractivity contribution in [3.63, 3.8) is 0 Å². The van der Waals surface area contributed by atoms with E-state index >= 15 is 0 Å². The Morgan fingerprint density at radius 2 is 1.50 bits per heavy atom. The van der Waals surface area contributed by atoms with Gasteiger partial charge < -0.3 is 37.1 Å². The van der Waals surface area contributed by atoms with Gasteiger partial charge in [0.2, 0.25) is 23.6 Å². The van der Waals surface area contributed by atoms with Crippen LogP contribution in [0.5, 0.6) is 0 Å². The summed E-state index contributed by atoms with van der Waals surface area (Å²) in [4.78, 5) is 65.1. The molecule has 0 aliphatic rings. The Bertz CT molecular complexity index is 1360.